The van der Waals surface area contributed by atoms with Crippen molar-refractivity contribution in [2.24, 2.45) is 0 Å². The predicted molar refractivity (Wildman–Crippen MR) is 96.0 cm³/mol. The Morgan fingerprint density at radius 1 is 1.09 bits per heavy atom. The van der Waals surface area contributed by atoms with Crippen LogP contribution in [0.3, 0.4) is 0 Å². The van der Waals surface area contributed by atoms with Gasteiger partial charge in [0, 0.05) is 36.2 Å². The van der Waals surface area contributed by atoms with Crippen molar-refractivity contribution in [3.8, 4) is 17.0 Å². The Morgan fingerprint density at radius 3 is 2.52 bits per heavy atom. The predicted octanol–water partition coefficient (Wildman–Crippen LogP) is 3.06. The van der Waals surface area contributed by atoms with Crippen LogP contribution in [0.5, 0.6) is 5.75 Å². The first-order chi connectivity index (χ1) is 11.2. The summed E-state index contributed by atoms with van der Waals surface area (Å²) in [5, 5.41) is 8.84. The monoisotopic (exact) mass is 376 g/mol. The van der Waals surface area contributed by atoms with E-state index in [1.807, 2.05) is 37.3 Å². The van der Waals surface area contributed by atoms with Gasteiger partial charge in [-0.3, -0.25) is 0 Å². The lowest BCUT2D eigenvalue weighted by atomic mass is 10.1. The number of rotatable bonds is 4. The Labute approximate surface area is 145 Å². The third-order valence-electron chi connectivity index (χ3n) is 4.00. The number of likely N-dealkylation sites (N-methyl/N-ethyl adjacent to an activating group) is 1. The molecular weight excluding hydrogens is 356 g/mol. The van der Waals surface area contributed by atoms with Crippen molar-refractivity contribution in [1.82, 2.24) is 15.1 Å². The van der Waals surface area contributed by atoms with Crippen LogP contribution in [-0.4, -0.2) is 54.9 Å². The molecule has 0 spiro atoms. The molecule has 1 fully saturated rings. The zero-order valence-corrected chi connectivity index (χ0v) is 15.1. The van der Waals surface area contributed by atoms with Gasteiger partial charge in [0.1, 0.15) is 5.75 Å². The average Bonchev–Trinajstić information content (AvgIpc) is 2.58. The van der Waals surface area contributed by atoms with E-state index in [4.69, 9.17) is 4.74 Å². The second kappa shape index (κ2) is 7.27. The van der Waals surface area contributed by atoms with Crippen molar-refractivity contribution >= 4 is 21.7 Å². The van der Waals surface area contributed by atoms with Crippen LogP contribution in [0.15, 0.2) is 34.8 Å². The fraction of sp³-hybridized carbons (Fsp3) is 0.412. The van der Waals surface area contributed by atoms with Gasteiger partial charge in [-0.1, -0.05) is 15.9 Å². The Hall–Kier alpha value is -1.66. The van der Waals surface area contributed by atoms with Gasteiger partial charge in [-0.2, -0.15) is 0 Å². The van der Waals surface area contributed by atoms with Gasteiger partial charge < -0.3 is 14.5 Å². The molecule has 6 heteroatoms. The number of benzene rings is 1. The number of aromatic nitrogens is 2. The standard InChI is InChI=1S/C17H21BrN4O/c1-3-23-16-6-4-13(18)12-14(16)15-5-7-17(20-19-15)22-10-8-21(2)9-11-22/h4-7,12H,3,8-11H2,1-2H3. The second-order valence-corrected chi connectivity index (χ2v) is 6.56. The first-order valence-electron chi connectivity index (χ1n) is 7.87. The number of hydrogen-bond donors (Lipinski definition) is 0. The molecule has 2 aromatic rings. The van der Waals surface area contributed by atoms with E-state index < -0.39 is 0 Å². The van der Waals surface area contributed by atoms with Crippen LogP contribution in [0, 0.1) is 0 Å². The third-order valence-corrected chi connectivity index (χ3v) is 4.49. The molecule has 0 unspecified atom stereocenters. The molecule has 1 aliphatic heterocycles. The number of hydrogen-bond acceptors (Lipinski definition) is 5. The first kappa shape index (κ1) is 16.2. The highest BCUT2D eigenvalue weighted by Gasteiger charge is 2.16. The molecule has 3 rings (SSSR count). The Kier molecular flexibility index (Phi) is 5.13. The molecule has 0 atom stereocenters. The van der Waals surface area contributed by atoms with Gasteiger partial charge in [0.15, 0.2) is 5.82 Å². The van der Waals surface area contributed by atoms with Gasteiger partial charge >= 0.3 is 0 Å². The van der Waals surface area contributed by atoms with E-state index in [1.54, 1.807) is 0 Å². The van der Waals surface area contributed by atoms with Crippen LogP contribution in [0.25, 0.3) is 11.3 Å². The molecule has 1 aromatic heterocycles. The van der Waals surface area contributed by atoms with Crippen molar-refractivity contribution in [2.45, 2.75) is 6.92 Å². The zero-order chi connectivity index (χ0) is 16.2. The summed E-state index contributed by atoms with van der Waals surface area (Å²) in [5.41, 5.74) is 1.78. The van der Waals surface area contributed by atoms with Crippen molar-refractivity contribution in [3.63, 3.8) is 0 Å². The van der Waals surface area contributed by atoms with Gasteiger partial charge in [0.2, 0.25) is 0 Å². The number of piperazine rings is 1. The summed E-state index contributed by atoms with van der Waals surface area (Å²) in [7, 11) is 2.15. The minimum Gasteiger partial charge on any atom is -0.493 e. The topological polar surface area (TPSA) is 41.5 Å². The SMILES string of the molecule is CCOc1ccc(Br)cc1-c1ccc(N2CCN(C)CC2)nn1. The molecule has 1 saturated heterocycles. The smallest absolute Gasteiger partial charge is 0.151 e. The van der Waals surface area contributed by atoms with Gasteiger partial charge in [-0.15, -0.1) is 10.2 Å². The Bertz CT molecular complexity index is 654. The van der Waals surface area contributed by atoms with Crippen molar-refractivity contribution in [3.05, 3.63) is 34.8 Å². The molecule has 0 N–H and O–H groups in total. The molecule has 0 bridgehead atoms. The maximum absolute atomic E-state index is 5.70. The summed E-state index contributed by atoms with van der Waals surface area (Å²) in [6, 6.07) is 10.0. The summed E-state index contributed by atoms with van der Waals surface area (Å²) < 4.78 is 6.70. The minimum atomic E-state index is 0.626. The van der Waals surface area contributed by atoms with E-state index >= 15 is 0 Å². The van der Waals surface area contributed by atoms with Crippen LogP contribution in [-0.2, 0) is 0 Å². The highest BCUT2D eigenvalue weighted by atomic mass is 79.9. The van der Waals surface area contributed by atoms with Crippen molar-refractivity contribution in [2.75, 3.05) is 44.7 Å². The summed E-state index contributed by atoms with van der Waals surface area (Å²) in [6.45, 7) is 6.71. The molecule has 122 valence electrons. The van der Waals surface area contributed by atoms with Gasteiger partial charge in [-0.25, -0.2) is 0 Å². The van der Waals surface area contributed by atoms with E-state index in [-0.39, 0.29) is 0 Å². The molecular formula is C17H21BrN4O. The number of nitrogens with zero attached hydrogens (tertiary/aromatic N) is 4. The lowest BCUT2D eigenvalue weighted by Gasteiger charge is -2.32. The number of halogens is 1. The fourth-order valence-corrected chi connectivity index (χ4v) is 3.02. The molecule has 0 saturated carbocycles. The summed E-state index contributed by atoms with van der Waals surface area (Å²) in [6.07, 6.45) is 0. The van der Waals surface area contributed by atoms with Crippen molar-refractivity contribution < 1.29 is 4.74 Å². The van der Waals surface area contributed by atoms with Crippen LogP contribution in [0.2, 0.25) is 0 Å². The maximum Gasteiger partial charge on any atom is 0.151 e. The molecule has 0 radical (unpaired) electrons. The highest BCUT2D eigenvalue weighted by molar-refractivity contribution is 9.10. The van der Waals surface area contributed by atoms with E-state index in [1.165, 1.54) is 0 Å². The van der Waals surface area contributed by atoms with Crippen LogP contribution in [0.4, 0.5) is 5.82 Å². The van der Waals surface area contributed by atoms with E-state index in [0.717, 1.165) is 53.5 Å². The summed E-state index contributed by atoms with van der Waals surface area (Å²) in [4.78, 5) is 4.61. The average molecular weight is 377 g/mol. The Morgan fingerprint density at radius 2 is 1.87 bits per heavy atom. The lowest BCUT2D eigenvalue weighted by Crippen LogP contribution is -2.44. The third kappa shape index (κ3) is 3.82. The maximum atomic E-state index is 5.70. The fourth-order valence-electron chi connectivity index (χ4n) is 2.66. The summed E-state index contributed by atoms with van der Waals surface area (Å²) in [5.74, 6) is 1.77. The van der Waals surface area contributed by atoms with Crippen LogP contribution >= 0.6 is 15.9 Å². The first-order valence-corrected chi connectivity index (χ1v) is 8.66. The molecule has 5 nitrogen and oxygen atoms in total. The molecule has 1 aliphatic rings. The van der Waals surface area contributed by atoms with Crippen molar-refractivity contribution in [1.29, 1.82) is 0 Å². The Balaban J connectivity index is 1.83. The normalized spacial score (nSPS) is 15.7. The van der Waals surface area contributed by atoms with E-state index in [0.29, 0.717) is 6.61 Å². The van der Waals surface area contributed by atoms with Gasteiger partial charge in [0.05, 0.1) is 12.3 Å². The van der Waals surface area contributed by atoms with E-state index in [2.05, 4.69) is 43.0 Å². The molecule has 0 aliphatic carbocycles. The number of ether oxygens (including phenoxy) is 1. The molecule has 2 heterocycles. The minimum absolute atomic E-state index is 0.626. The molecule has 0 amide bonds. The van der Waals surface area contributed by atoms with Crippen LogP contribution in [0.1, 0.15) is 6.92 Å². The lowest BCUT2D eigenvalue weighted by molar-refractivity contribution is 0.312. The van der Waals surface area contributed by atoms with Gasteiger partial charge in [-0.05, 0) is 44.3 Å². The highest BCUT2D eigenvalue weighted by Crippen LogP contribution is 2.32. The van der Waals surface area contributed by atoms with Crippen LogP contribution < -0.4 is 9.64 Å². The largest absolute Gasteiger partial charge is 0.493 e. The second-order valence-electron chi connectivity index (χ2n) is 5.64. The summed E-state index contributed by atoms with van der Waals surface area (Å²) >= 11 is 3.51. The molecule has 23 heavy (non-hydrogen) atoms. The molecule has 1 aromatic carbocycles. The van der Waals surface area contributed by atoms with E-state index in [9.17, 15) is 0 Å². The zero-order valence-electron chi connectivity index (χ0n) is 13.5. The van der Waals surface area contributed by atoms with Gasteiger partial charge in [0.25, 0.3) is 0 Å². The quantitative estimate of drug-likeness (QED) is 0.819. The number of anilines is 1.